The molecular weight excluding hydrogens is 382 g/mol. The number of hydrogen-bond donors (Lipinski definition) is 2. The number of para-hydroxylation sites is 1. The van der Waals surface area contributed by atoms with E-state index in [9.17, 15) is 9.90 Å². The van der Waals surface area contributed by atoms with Crippen molar-refractivity contribution in [3.63, 3.8) is 0 Å². The Morgan fingerprint density at radius 1 is 1.18 bits per heavy atom. The highest BCUT2D eigenvalue weighted by molar-refractivity contribution is 6.30. The summed E-state index contributed by atoms with van der Waals surface area (Å²) in [6.07, 6.45) is 0. The van der Waals surface area contributed by atoms with Crippen molar-refractivity contribution in [1.82, 2.24) is 9.78 Å². The summed E-state index contributed by atoms with van der Waals surface area (Å²) in [6, 6.07) is 14.2. The van der Waals surface area contributed by atoms with E-state index in [-0.39, 0.29) is 19.1 Å². The van der Waals surface area contributed by atoms with Crippen LogP contribution in [0.4, 0.5) is 5.82 Å². The van der Waals surface area contributed by atoms with Gasteiger partial charge in [0.25, 0.3) is 5.91 Å². The van der Waals surface area contributed by atoms with Gasteiger partial charge in [0, 0.05) is 16.7 Å². The number of anilines is 1. The van der Waals surface area contributed by atoms with Crippen molar-refractivity contribution in [2.24, 2.45) is 0 Å². The molecule has 0 radical (unpaired) electrons. The monoisotopic (exact) mass is 399 g/mol. The highest BCUT2D eigenvalue weighted by Crippen LogP contribution is 2.34. The minimum absolute atomic E-state index is 0.109. The second kappa shape index (κ2) is 7.92. The Morgan fingerprint density at radius 2 is 1.96 bits per heavy atom. The van der Waals surface area contributed by atoms with Crippen molar-refractivity contribution in [2.75, 3.05) is 25.1 Å². The summed E-state index contributed by atoms with van der Waals surface area (Å²) in [6.45, 7) is 0.976. The fraction of sp³-hybridized carbons (Fsp3) is 0.200. The highest BCUT2D eigenvalue weighted by atomic mass is 35.5. The number of amides is 1. The maximum Gasteiger partial charge on any atom is 0.260 e. The molecule has 8 heteroatoms. The lowest BCUT2D eigenvalue weighted by atomic mass is 10.1. The first-order valence-electron chi connectivity index (χ1n) is 8.80. The SMILES string of the molecule is O=C(Nc1cc(-c2ccc(Cl)cc2)nn1CCO)c1cccc2c1OCCO2. The van der Waals surface area contributed by atoms with Gasteiger partial charge in [0.05, 0.1) is 24.4 Å². The molecule has 1 aliphatic rings. The summed E-state index contributed by atoms with van der Waals surface area (Å²) in [7, 11) is 0. The van der Waals surface area contributed by atoms with Crippen LogP contribution < -0.4 is 14.8 Å². The molecule has 4 rings (SSSR count). The average Bonchev–Trinajstić information content (AvgIpc) is 3.10. The van der Waals surface area contributed by atoms with E-state index in [0.717, 1.165) is 5.56 Å². The number of hydrogen-bond acceptors (Lipinski definition) is 5. The standard InChI is InChI=1S/C20H18ClN3O4/c21-14-6-4-13(5-7-14)16-12-18(24(23-16)8-9-25)22-20(26)15-2-1-3-17-19(15)28-11-10-27-17/h1-7,12,25H,8-11H2,(H,22,26). The Balaban J connectivity index is 1.64. The minimum atomic E-state index is -0.343. The first kappa shape index (κ1) is 18.3. The summed E-state index contributed by atoms with van der Waals surface area (Å²) in [5.74, 6) is 1.10. The summed E-state index contributed by atoms with van der Waals surface area (Å²) in [5.41, 5.74) is 1.89. The summed E-state index contributed by atoms with van der Waals surface area (Å²) in [5, 5.41) is 17.3. The number of halogens is 1. The van der Waals surface area contributed by atoms with Crippen LogP contribution in [0.5, 0.6) is 11.5 Å². The molecule has 2 heterocycles. The van der Waals surface area contributed by atoms with Crippen molar-refractivity contribution >= 4 is 23.3 Å². The van der Waals surface area contributed by atoms with Crippen LogP contribution in [0.1, 0.15) is 10.4 Å². The summed E-state index contributed by atoms with van der Waals surface area (Å²) < 4.78 is 12.7. The zero-order valence-corrected chi connectivity index (χ0v) is 15.6. The lowest BCUT2D eigenvalue weighted by Gasteiger charge is -2.20. The molecule has 1 aromatic heterocycles. The molecular formula is C20H18ClN3O4. The van der Waals surface area contributed by atoms with E-state index in [4.69, 9.17) is 21.1 Å². The number of ether oxygens (including phenoxy) is 2. The molecule has 0 aliphatic carbocycles. The van der Waals surface area contributed by atoms with Gasteiger partial charge < -0.3 is 19.9 Å². The van der Waals surface area contributed by atoms with Gasteiger partial charge in [-0.2, -0.15) is 5.10 Å². The van der Waals surface area contributed by atoms with Gasteiger partial charge in [0.1, 0.15) is 19.0 Å². The number of benzene rings is 2. The number of aliphatic hydroxyl groups is 1. The molecule has 28 heavy (non-hydrogen) atoms. The number of nitrogens with zero attached hydrogens (tertiary/aromatic N) is 2. The van der Waals surface area contributed by atoms with Gasteiger partial charge in [-0.25, -0.2) is 4.68 Å². The third kappa shape index (κ3) is 3.67. The van der Waals surface area contributed by atoms with Crippen LogP contribution in [0.3, 0.4) is 0 Å². The van der Waals surface area contributed by atoms with Crippen LogP contribution >= 0.6 is 11.6 Å². The number of aliphatic hydroxyl groups excluding tert-OH is 1. The van der Waals surface area contributed by atoms with E-state index in [1.807, 2.05) is 12.1 Å². The molecule has 2 N–H and O–H groups in total. The van der Waals surface area contributed by atoms with Crippen molar-refractivity contribution in [1.29, 1.82) is 0 Å². The van der Waals surface area contributed by atoms with Crippen LogP contribution in [0.2, 0.25) is 5.02 Å². The van der Waals surface area contributed by atoms with Crippen LogP contribution in [-0.4, -0.2) is 40.6 Å². The molecule has 2 aromatic carbocycles. The first-order chi connectivity index (χ1) is 13.7. The number of nitrogens with one attached hydrogen (secondary N) is 1. The topological polar surface area (TPSA) is 85.6 Å². The van der Waals surface area contributed by atoms with Crippen LogP contribution in [0.15, 0.2) is 48.5 Å². The molecule has 0 spiro atoms. The largest absolute Gasteiger partial charge is 0.486 e. The highest BCUT2D eigenvalue weighted by Gasteiger charge is 2.21. The summed E-state index contributed by atoms with van der Waals surface area (Å²) >= 11 is 5.94. The van der Waals surface area contributed by atoms with Crippen molar-refractivity contribution in [3.8, 4) is 22.8 Å². The third-order valence-corrected chi connectivity index (χ3v) is 4.54. The molecule has 0 saturated carbocycles. The van der Waals surface area contributed by atoms with Crippen LogP contribution in [0.25, 0.3) is 11.3 Å². The van der Waals surface area contributed by atoms with E-state index < -0.39 is 0 Å². The molecule has 1 amide bonds. The normalized spacial score (nSPS) is 12.6. The smallest absolute Gasteiger partial charge is 0.260 e. The van der Waals surface area contributed by atoms with Gasteiger partial charge in [-0.15, -0.1) is 0 Å². The average molecular weight is 400 g/mol. The lowest BCUT2D eigenvalue weighted by molar-refractivity contribution is 0.101. The molecule has 0 saturated heterocycles. The molecule has 0 unspecified atom stereocenters. The van der Waals surface area contributed by atoms with Crippen molar-refractivity contribution in [3.05, 3.63) is 59.1 Å². The molecule has 144 valence electrons. The van der Waals surface area contributed by atoms with Gasteiger partial charge >= 0.3 is 0 Å². The number of carbonyl (C=O) groups is 1. The Hall–Kier alpha value is -3.03. The first-order valence-corrected chi connectivity index (χ1v) is 9.18. The van der Waals surface area contributed by atoms with Crippen molar-refractivity contribution in [2.45, 2.75) is 6.54 Å². The molecule has 7 nitrogen and oxygen atoms in total. The quantitative estimate of drug-likeness (QED) is 0.688. The van der Waals surface area contributed by atoms with Crippen LogP contribution in [-0.2, 0) is 6.54 Å². The van der Waals surface area contributed by atoms with E-state index in [1.54, 1.807) is 41.1 Å². The van der Waals surface area contributed by atoms with E-state index >= 15 is 0 Å². The van der Waals surface area contributed by atoms with E-state index in [2.05, 4.69) is 10.4 Å². The zero-order chi connectivity index (χ0) is 19.5. The summed E-state index contributed by atoms with van der Waals surface area (Å²) in [4.78, 5) is 12.9. The zero-order valence-electron chi connectivity index (χ0n) is 14.9. The maximum atomic E-state index is 12.9. The third-order valence-electron chi connectivity index (χ3n) is 4.28. The molecule has 1 aliphatic heterocycles. The van der Waals surface area contributed by atoms with E-state index in [1.165, 1.54) is 0 Å². The fourth-order valence-electron chi connectivity index (χ4n) is 2.98. The fourth-order valence-corrected chi connectivity index (χ4v) is 3.11. The number of rotatable bonds is 5. The van der Waals surface area contributed by atoms with Gasteiger partial charge in [-0.05, 0) is 24.3 Å². The second-order valence-corrected chi connectivity index (χ2v) is 6.59. The number of fused-ring (bicyclic) bond motifs is 1. The molecule has 0 atom stereocenters. The minimum Gasteiger partial charge on any atom is -0.486 e. The molecule has 3 aromatic rings. The van der Waals surface area contributed by atoms with E-state index in [0.29, 0.717) is 46.8 Å². The van der Waals surface area contributed by atoms with Crippen LogP contribution in [0, 0.1) is 0 Å². The second-order valence-electron chi connectivity index (χ2n) is 6.15. The lowest BCUT2D eigenvalue weighted by Crippen LogP contribution is -2.21. The predicted molar refractivity (Wildman–Crippen MR) is 105 cm³/mol. The maximum absolute atomic E-state index is 12.9. The Kier molecular flexibility index (Phi) is 5.18. The Morgan fingerprint density at radius 3 is 2.75 bits per heavy atom. The van der Waals surface area contributed by atoms with Gasteiger partial charge in [0.15, 0.2) is 11.5 Å². The van der Waals surface area contributed by atoms with Gasteiger partial charge in [0.2, 0.25) is 0 Å². The van der Waals surface area contributed by atoms with Crippen molar-refractivity contribution < 1.29 is 19.4 Å². The van der Waals surface area contributed by atoms with Gasteiger partial charge in [-0.1, -0.05) is 29.8 Å². The van der Waals surface area contributed by atoms with Gasteiger partial charge in [-0.3, -0.25) is 4.79 Å². The number of aromatic nitrogens is 2. The molecule has 0 fully saturated rings. The Labute approximate surface area is 166 Å². The Bertz CT molecular complexity index is 1000. The number of carbonyl (C=O) groups excluding carboxylic acids is 1. The predicted octanol–water partition coefficient (Wildman–Crippen LogP) is 3.22. The molecule has 0 bridgehead atoms.